The number of carbonyl (C=O) groups excluding carboxylic acids is 1. The summed E-state index contributed by atoms with van der Waals surface area (Å²) < 4.78 is 5.19. The third-order valence-corrected chi connectivity index (χ3v) is 4.13. The Kier molecular flexibility index (Phi) is 4.79. The van der Waals surface area contributed by atoms with Crippen LogP contribution < -0.4 is 10.6 Å². The van der Waals surface area contributed by atoms with E-state index in [1.54, 1.807) is 17.6 Å². The molecule has 2 aromatic heterocycles. The fourth-order valence-electron chi connectivity index (χ4n) is 1.85. The van der Waals surface area contributed by atoms with Gasteiger partial charge in [-0.3, -0.25) is 0 Å². The van der Waals surface area contributed by atoms with Gasteiger partial charge in [0.25, 0.3) is 0 Å². The van der Waals surface area contributed by atoms with E-state index in [1.807, 2.05) is 32.2 Å². The van der Waals surface area contributed by atoms with E-state index in [1.165, 1.54) is 0 Å². The Bertz CT molecular complexity index is 576. The highest BCUT2D eigenvalue weighted by atomic mass is 32.1. The number of nitrogens with zero attached hydrogens (tertiary/aromatic N) is 1. The molecule has 0 bridgehead atoms. The Morgan fingerprint density at radius 3 is 2.85 bits per heavy atom. The minimum atomic E-state index is -0.190. The van der Waals surface area contributed by atoms with Gasteiger partial charge < -0.3 is 15.1 Å². The number of hydrogen-bond donors (Lipinski definition) is 2. The van der Waals surface area contributed by atoms with E-state index in [-0.39, 0.29) is 12.1 Å². The first-order chi connectivity index (χ1) is 9.60. The number of hydrogen-bond acceptors (Lipinski definition) is 4. The highest BCUT2D eigenvalue weighted by Crippen LogP contribution is 2.20. The summed E-state index contributed by atoms with van der Waals surface area (Å²) in [7, 11) is 0. The summed E-state index contributed by atoms with van der Waals surface area (Å²) in [6.45, 7) is 6.32. The SMILES string of the molecule is CC[C@H](NC(=O)NCc1ccoc1C)c1nc(C)cs1. The van der Waals surface area contributed by atoms with Gasteiger partial charge in [-0.1, -0.05) is 6.92 Å². The lowest BCUT2D eigenvalue weighted by atomic mass is 10.2. The van der Waals surface area contributed by atoms with Gasteiger partial charge in [-0.2, -0.15) is 0 Å². The van der Waals surface area contributed by atoms with Gasteiger partial charge in [0.15, 0.2) is 0 Å². The summed E-state index contributed by atoms with van der Waals surface area (Å²) in [4.78, 5) is 16.3. The van der Waals surface area contributed by atoms with Gasteiger partial charge in [-0.15, -0.1) is 11.3 Å². The van der Waals surface area contributed by atoms with Crippen LogP contribution >= 0.6 is 11.3 Å². The molecule has 2 aromatic rings. The highest BCUT2D eigenvalue weighted by Gasteiger charge is 2.15. The summed E-state index contributed by atoms with van der Waals surface area (Å²) in [5.41, 5.74) is 1.97. The molecule has 2 N–H and O–H groups in total. The van der Waals surface area contributed by atoms with E-state index < -0.39 is 0 Å². The molecule has 0 aliphatic carbocycles. The molecule has 0 aliphatic rings. The number of aryl methyl sites for hydroxylation is 2. The van der Waals surface area contributed by atoms with Crippen molar-refractivity contribution in [3.63, 3.8) is 0 Å². The third-order valence-electron chi connectivity index (χ3n) is 3.05. The second-order valence-electron chi connectivity index (χ2n) is 4.62. The minimum absolute atomic E-state index is 0.0425. The molecule has 0 aromatic carbocycles. The van der Waals surface area contributed by atoms with Crippen LogP contribution in [0.2, 0.25) is 0 Å². The summed E-state index contributed by atoms with van der Waals surface area (Å²) in [5.74, 6) is 0.827. The summed E-state index contributed by atoms with van der Waals surface area (Å²) in [6, 6.07) is 1.63. The number of aromatic nitrogens is 1. The van der Waals surface area contributed by atoms with E-state index in [0.29, 0.717) is 6.54 Å². The zero-order valence-corrected chi connectivity index (χ0v) is 12.7. The van der Waals surface area contributed by atoms with Crippen LogP contribution in [-0.4, -0.2) is 11.0 Å². The van der Waals surface area contributed by atoms with Crippen molar-refractivity contribution < 1.29 is 9.21 Å². The lowest BCUT2D eigenvalue weighted by molar-refractivity contribution is 0.236. The molecule has 0 unspecified atom stereocenters. The normalized spacial score (nSPS) is 12.2. The Hall–Kier alpha value is -1.82. The lowest BCUT2D eigenvalue weighted by Crippen LogP contribution is -2.37. The predicted octanol–water partition coefficient (Wildman–Crippen LogP) is 3.30. The first-order valence-corrected chi connectivity index (χ1v) is 7.47. The first kappa shape index (κ1) is 14.6. The average Bonchev–Trinajstić information content (AvgIpc) is 3.02. The third kappa shape index (κ3) is 3.60. The molecule has 20 heavy (non-hydrogen) atoms. The van der Waals surface area contributed by atoms with Crippen molar-refractivity contribution >= 4 is 17.4 Å². The number of amides is 2. The Morgan fingerprint density at radius 1 is 1.50 bits per heavy atom. The van der Waals surface area contributed by atoms with Crippen LogP contribution in [0.5, 0.6) is 0 Å². The molecule has 1 atom stereocenters. The average molecular weight is 293 g/mol. The van der Waals surface area contributed by atoms with Crippen LogP contribution in [0.1, 0.15) is 41.4 Å². The standard InChI is InChI=1S/C14H19N3O2S/c1-4-12(13-16-9(2)8-20-13)17-14(18)15-7-11-5-6-19-10(11)3/h5-6,8,12H,4,7H2,1-3H3,(H2,15,17,18)/t12-/m0/s1. The van der Waals surface area contributed by atoms with Crippen molar-refractivity contribution in [1.29, 1.82) is 0 Å². The van der Waals surface area contributed by atoms with Crippen LogP contribution in [0.3, 0.4) is 0 Å². The fraction of sp³-hybridized carbons (Fsp3) is 0.429. The largest absolute Gasteiger partial charge is 0.469 e. The first-order valence-electron chi connectivity index (χ1n) is 6.59. The number of urea groups is 1. The van der Waals surface area contributed by atoms with Crippen molar-refractivity contribution in [3.05, 3.63) is 39.7 Å². The van der Waals surface area contributed by atoms with Gasteiger partial charge in [0, 0.05) is 23.2 Å². The molecule has 0 aliphatic heterocycles. The van der Waals surface area contributed by atoms with Crippen molar-refractivity contribution in [2.24, 2.45) is 0 Å². The van der Waals surface area contributed by atoms with Gasteiger partial charge in [0.05, 0.1) is 12.3 Å². The van der Waals surface area contributed by atoms with Crippen molar-refractivity contribution in [3.8, 4) is 0 Å². The second kappa shape index (κ2) is 6.56. The van der Waals surface area contributed by atoms with E-state index >= 15 is 0 Å². The molecule has 0 saturated heterocycles. The Labute approximate surface area is 122 Å². The van der Waals surface area contributed by atoms with E-state index in [4.69, 9.17) is 4.42 Å². The van der Waals surface area contributed by atoms with Crippen LogP contribution in [0, 0.1) is 13.8 Å². The molecule has 0 radical (unpaired) electrons. The number of rotatable bonds is 5. The number of furan rings is 1. The van der Waals surface area contributed by atoms with E-state index in [9.17, 15) is 4.79 Å². The molecule has 5 nitrogen and oxygen atoms in total. The maximum Gasteiger partial charge on any atom is 0.315 e. The molecule has 2 heterocycles. The van der Waals surface area contributed by atoms with E-state index in [2.05, 4.69) is 15.6 Å². The van der Waals surface area contributed by atoms with Gasteiger partial charge in [0.1, 0.15) is 10.8 Å². The maximum absolute atomic E-state index is 11.9. The van der Waals surface area contributed by atoms with Crippen molar-refractivity contribution in [1.82, 2.24) is 15.6 Å². The molecule has 6 heteroatoms. The van der Waals surface area contributed by atoms with Crippen LogP contribution in [0.25, 0.3) is 0 Å². The topological polar surface area (TPSA) is 67.2 Å². The van der Waals surface area contributed by atoms with Gasteiger partial charge >= 0.3 is 6.03 Å². The monoisotopic (exact) mass is 293 g/mol. The highest BCUT2D eigenvalue weighted by molar-refractivity contribution is 7.09. The number of carbonyl (C=O) groups is 1. The molecule has 0 saturated carbocycles. The van der Waals surface area contributed by atoms with Gasteiger partial charge in [-0.25, -0.2) is 9.78 Å². The summed E-state index contributed by atoms with van der Waals surface area (Å²) in [5, 5.41) is 8.72. The number of thiazole rings is 1. The fourth-order valence-corrected chi connectivity index (χ4v) is 2.78. The second-order valence-corrected chi connectivity index (χ2v) is 5.51. The summed E-state index contributed by atoms with van der Waals surface area (Å²) >= 11 is 1.57. The summed E-state index contributed by atoms with van der Waals surface area (Å²) in [6.07, 6.45) is 2.43. The smallest absolute Gasteiger partial charge is 0.315 e. The van der Waals surface area contributed by atoms with E-state index in [0.717, 1.165) is 28.4 Å². The predicted molar refractivity (Wildman–Crippen MR) is 78.7 cm³/mol. The molecule has 0 spiro atoms. The number of nitrogens with one attached hydrogen (secondary N) is 2. The Morgan fingerprint density at radius 2 is 2.30 bits per heavy atom. The molecular formula is C14H19N3O2S. The maximum atomic E-state index is 11.9. The zero-order chi connectivity index (χ0) is 14.5. The zero-order valence-electron chi connectivity index (χ0n) is 11.9. The van der Waals surface area contributed by atoms with Crippen molar-refractivity contribution in [2.75, 3.05) is 0 Å². The molecule has 2 amide bonds. The lowest BCUT2D eigenvalue weighted by Gasteiger charge is -2.15. The van der Waals surface area contributed by atoms with Gasteiger partial charge in [0.2, 0.25) is 0 Å². The quantitative estimate of drug-likeness (QED) is 0.888. The van der Waals surface area contributed by atoms with Crippen molar-refractivity contribution in [2.45, 2.75) is 39.8 Å². The molecule has 108 valence electrons. The molecule has 2 rings (SSSR count). The molecular weight excluding hydrogens is 274 g/mol. The van der Waals surface area contributed by atoms with Crippen LogP contribution in [0.15, 0.2) is 22.1 Å². The van der Waals surface area contributed by atoms with Gasteiger partial charge in [-0.05, 0) is 26.3 Å². The van der Waals surface area contributed by atoms with Crippen LogP contribution in [0.4, 0.5) is 4.79 Å². The van der Waals surface area contributed by atoms with Crippen LogP contribution in [-0.2, 0) is 6.54 Å². The molecule has 0 fully saturated rings. The minimum Gasteiger partial charge on any atom is -0.469 e. The Balaban J connectivity index is 1.88.